The van der Waals surface area contributed by atoms with E-state index in [1.165, 1.54) is 16.8 Å². The predicted octanol–water partition coefficient (Wildman–Crippen LogP) is 5.40. The molecular weight excluding hydrogens is 412 g/mol. The van der Waals surface area contributed by atoms with Crippen molar-refractivity contribution in [2.45, 2.75) is 59.5 Å². The largest absolute Gasteiger partial charge is 0.371 e. The van der Waals surface area contributed by atoms with Crippen LogP contribution in [-0.4, -0.2) is 40.1 Å². The van der Waals surface area contributed by atoms with Gasteiger partial charge in [-0.2, -0.15) is 4.98 Å². The molecule has 0 aliphatic carbocycles. The first kappa shape index (κ1) is 23.0. The van der Waals surface area contributed by atoms with E-state index in [-0.39, 0.29) is 17.9 Å². The second-order valence-corrected chi connectivity index (χ2v) is 9.22. The molecule has 4 rings (SSSR count). The molecule has 1 fully saturated rings. The van der Waals surface area contributed by atoms with Gasteiger partial charge in [0.25, 0.3) is 0 Å². The Labute approximate surface area is 196 Å². The first-order valence-corrected chi connectivity index (χ1v) is 12.0. The summed E-state index contributed by atoms with van der Waals surface area (Å²) in [5, 5.41) is 4.15. The van der Waals surface area contributed by atoms with E-state index in [1.54, 1.807) is 0 Å². The van der Waals surface area contributed by atoms with Gasteiger partial charge in [0, 0.05) is 30.4 Å². The topological polar surface area (TPSA) is 62.5 Å². The molecule has 174 valence electrons. The molecule has 6 nitrogen and oxygen atoms in total. The lowest BCUT2D eigenvalue weighted by atomic mass is 9.95. The highest BCUT2D eigenvalue weighted by Gasteiger charge is 2.32. The maximum atomic E-state index is 13.7. The summed E-state index contributed by atoms with van der Waals surface area (Å²) >= 11 is 0. The maximum Gasteiger partial charge on any atom is 0.246 e. The number of nitrogens with zero attached hydrogens (tertiary/aromatic N) is 4. The fraction of sp³-hybridized carbons (Fsp3) is 0.444. The average Bonchev–Trinajstić information content (AvgIpc) is 3.31. The number of aromatic nitrogens is 2. The van der Waals surface area contributed by atoms with E-state index in [0.717, 1.165) is 37.9 Å². The summed E-state index contributed by atoms with van der Waals surface area (Å²) in [5.74, 6) is 1.18. The van der Waals surface area contributed by atoms with Gasteiger partial charge in [-0.15, -0.1) is 0 Å². The number of piperidine rings is 1. The molecule has 1 aliphatic rings. The van der Waals surface area contributed by atoms with Gasteiger partial charge >= 0.3 is 0 Å². The number of benzene rings is 2. The normalized spacial score (nSPS) is 17.1. The number of amides is 1. The Bertz CT molecular complexity index is 1060. The van der Waals surface area contributed by atoms with E-state index in [4.69, 9.17) is 4.52 Å². The molecule has 0 bridgehead atoms. The van der Waals surface area contributed by atoms with Gasteiger partial charge in [0.1, 0.15) is 6.54 Å². The highest BCUT2D eigenvalue weighted by Crippen LogP contribution is 2.27. The molecule has 0 unspecified atom stereocenters. The van der Waals surface area contributed by atoms with E-state index in [0.29, 0.717) is 18.3 Å². The van der Waals surface area contributed by atoms with E-state index < -0.39 is 0 Å². The summed E-state index contributed by atoms with van der Waals surface area (Å²) in [4.78, 5) is 22.5. The Morgan fingerprint density at radius 3 is 2.45 bits per heavy atom. The highest BCUT2D eigenvalue weighted by atomic mass is 16.5. The van der Waals surface area contributed by atoms with Crippen molar-refractivity contribution >= 4 is 11.6 Å². The number of rotatable bonds is 7. The zero-order chi connectivity index (χ0) is 23.4. The minimum absolute atomic E-state index is 0.0338. The van der Waals surface area contributed by atoms with Crippen LogP contribution in [0.5, 0.6) is 0 Å². The van der Waals surface area contributed by atoms with Crippen molar-refractivity contribution in [3.05, 3.63) is 65.5 Å². The van der Waals surface area contributed by atoms with Crippen LogP contribution in [0.15, 0.2) is 53.1 Å². The summed E-state index contributed by atoms with van der Waals surface area (Å²) in [5.41, 5.74) is 4.53. The summed E-state index contributed by atoms with van der Waals surface area (Å²) in [6.45, 7) is 10.4. The van der Waals surface area contributed by atoms with Gasteiger partial charge < -0.3 is 14.3 Å². The fourth-order valence-corrected chi connectivity index (χ4v) is 4.36. The Balaban J connectivity index is 1.48. The standard InChI is InChI=1S/C27H34N4O2/c1-5-21(4)31(18-25-28-26(29-33-25)22-12-8-19(2)9-13-22)27(32)23-7-6-16-30(17-23)24-14-10-20(3)11-15-24/h8-15,21,23H,5-7,16-18H2,1-4H3/t21-,23-/m0/s1. The van der Waals surface area contributed by atoms with Gasteiger partial charge in [-0.3, -0.25) is 4.79 Å². The number of hydrogen-bond acceptors (Lipinski definition) is 5. The predicted molar refractivity (Wildman–Crippen MR) is 131 cm³/mol. The molecule has 1 aromatic heterocycles. The smallest absolute Gasteiger partial charge is 0.246 e. The van der Waals surface area contributed by atoms with Crippen LogP contribution in [0.4, 0.5) is 5.69 Å². The van der Waals surface area contributed by atoms with Crippen molar-refractivity contribution in [3.8, 4) is 11.4 Å². The monoisotopic (exact) mass is 446 g/mol. The average molecular weight is 447 g/mol. The molecule has 0 radical (unpaired) electrons. The number of hydrogen-bond donors (Lipinski definition) is 0. The molecule has 33 heavy (non-hydrogen) atoms. The third kappa shape index (κ3) is 5.44. The maximum absolute atomic E-state index is 13.7. The molecule has 2 atom stereocenters. The molecule has 2 heterocycles. The van der Waals surface area contributed by atoms with Gasteiger partial charge in [-0.25, -0.2) is 0 Å². The zero-order valence-electron chi connectivity index (χ0n) is 20.1. The first-order valence-electron chi connectivity index (χ1n) is 12.0. The van der Waals surface area contributed by atoms with Crippen molar-refractivity contribution < 1.29 is 9.32 Å². The van der Waals surface area contributed by atoms with Crippen molar-refractivity contribution in [2.24, 2.45) is 5.92 Å². The molecule has 1 amide bonds. The Morgan fingerprint density at radius 2 is 1.79 bits per heavy atom. The molecule has 1 saturated heterocycles. The summed E-state index contributed by atoms with van der Waals surface area (Å²) < 4.78 is 5.55. The molecule has 0 N–H and O–H groups in total. The SMILES string of the molecule is CC[C@H](C)N(Cc1nc(-c2ccc(C)cc2)no1)C(=O)[C@H]1CCCN(c2ccc(C)cc2)C1. The summed E-state index contributed by atoms with van der Waals surface area (Å²) in [6.07, 6.45) is 2.79. The Hall–Kier alpha value is -3.15. The lowest BCUT2D eigenvalue weighted by Crippen LogP contribution is -2.47. The Morgan fingerprint density at radius 1 is 1.12 bits per heavy atom. The molecule has 0 spiro atoms. The van der Waals surface area contributed by atoms with E-state index in [1.807, 2.05) is 36.1 Å². The molecule has 3 aromatic rings. The minimum Gasteiger partial charge on any atom is -0.371 e. The lowest BCUT2D eigenvalue weighted by molar-refractivity contribution is -0.139. The highest BCUT2D eigenvalue weighted by molar-refractivity contribution is 5.80. The van der Waals surface area contributed by atoms with Crippen LogP contribution in [0.2, 0.25) is 0 Å². The van der Waals surface area contributed by atoms with Gasteiger partial charge in [0.05, 0.1) is 5.92 Å². The third-order valence-corrected chi connectivity index (χ3v) is 6.66. The van der Waals surface area contributed by atoms with E-state index in [9.17, 15) is 4.79 Å². The van der Waals surface area contributed by atoms with Gasteiger partial charge in [0.15, 0.2) is 0 Å². The first-order chi connectivity index (χ1) is 15.9. The second-order valence-electron chi connectivity index (χ2n) is 9.22. The third-order valence-electron chi connectivity index (χ3n) is 6.66. The van der Waals surface area contributed by atoms with Crippen LogP contribution in [0.1, 0.15) is 50.1 Å². The Kier molecular flexibility index (Phi) is 7.11. The number of aryl methyl sites for hydroxylation is 2. The van der Waals surface area contributed by atoms with Crippen LogP contribution in [0.25, 0.3) is 11.4 Å². The summed E-state index contributed by atoms with van der Waals surface area (Å²) in [6, 6.07) is 16.7. The second kappa shape index (κ2) is 10.2. The van der Waals surface area contributed by atoms with Crippen LogP contribution in [0, 0.1) is 19.8 Å². The molecular formula is C27H34N4O2. The van der Waals surface area contributed by atoms with Crippen LogP contribution in [0.3, 0.4) is 0 Å². The van der Waals surface area contributed by atoms with E-state index in [2.05, 4.69) is 60.1 Å². The van der Waals surface area contributed by atoms with Gasteiger partial charge in [-0.1, -0.05) is 59.6 Å². The van der Waals surface area contributed by atoms with E-state index >= 15 is 0 Å². The fourth-order valence-electron chi connectivity index (χ4n) is 4.36. The van der Waals surface area contributed by atoms with Gasteiger partial charge in [-0.05, 0) is 52.2 Å². The van der Waals surface area contributed by atoms with Crippen molar-refractivity contribution in [3.63, 3.8) is 0 Å². The molecule has 2 aromatic carbocycles. The summed E-state index contributed by atoms with van der Waals surface area (Å²) in [7, 11) is 0. The lowest BCUT2D eigenvalue weighted by Gasteiger charge is -2.37. The molecule has 6 heteroatoms. The zero-order valence-corrected chi connectivity index (χ0v) is 20.1. The van der Waals surface area contributed by atoms with Crippen molar-refractivity contribution in [1.29, 1.82) is 0 Å². The van der Waals surface area contributed by atoms with Crippen LogP contribution >= 0.6 is 0 Å². The minimum atomic E-state index is -0.0338. The van der Waals surface area contributed by atoms with Crippen molar-refractivity contribution in [2.75, 3.05) is 18.0 Å². The molecule has 0 saturated carbocycles. The van der Waals surface area contributed by atoms with Crippen LogP contribution < -0.4 is 4.90 Å². The number of anilines is 1. The molecule has 1 aliphatic heterocycles. The number of carbonyl (C=O) groups is 1. The van der Waals surface area contributed by atoms with Crippen molar-refractivity contribution in [1.82, 2.24) is 15.0 Å². The van der Waals surface area contributed by atoms with Crippen LogP contribution in [-0.2, 0) is 11.3 Å². The quantitative estimate of drug-likeness (QED) is 0.486. The van der Waals surface area contributed by atoms with Gasteiger partial charge in [0.2, 0.25) is 17.6 Å². The number of carbonyl (C=O) groups excluding carboxylic acids is 1.